The maximum absolute atomic E-state index is 12.5. The predicted octanol–water partition coefficient (Wildman–Crippen LogP) is 2.26. The third-order valence-electron chi connectivity index (χ3n) is 3.69. The van der Waals surface area contributed by atoms with Gasteiger partial charge in [0, 0.05) is 25.2 Å². The standard InChI is InChI=1S/C19H18N4O3/c1-26-12-11-21-18(24)15-8-3-9-16(22-15)19(25)23-14-7-2-5-13-6-4-10-20-17(13)14/h2-10H,11-12H2,1H3,(H,21,24)(H,23,25). The number of carbonyl (C=O) groups excluding carboxylic acids is 2. The van der Waals surface area contributed by atoms with E-state index >= 15 is 0 Å². The number of hydrogen-bond acceptors (Lipinski definition) is 5. The summed E-state index contributed by atoms with van der Waals surface area (Å²) in [7, 11) is 1.55. The Kier molecular flexibility index (Phi) is 5.50. The number of para-hydroxylation sites is 1. The molecule has 3 aromatic rings. The normalized spacial score (nSPS) is 10.5. The number of nitrogens with zero attached hydrogens (tertiary/aromatic N) is 2. The van der Waals surface area contributed by atoms with Crippen molar-refractivity contribution in [1.29, 1.82) is 0 Å². The molecule has 0 spiro atoms. The van der Waals surface area contributed by atoms with Crippen LogP contribution in [0.1, 0.15) is 21.0 Å². The van der Waals surface area contributed by atoms with Crippen LogP contribution in [0.15, 0.2) is 54.7 Å². The molecule has 0 aliphatic carbocycles. The van der Waals surface area contributed by atoms with Crippen molar-refractivity contribution in [2.24, 2.45) is 0 Å². The van der Waals surface area contributed by atoms with Crippen LogP contribution in [0.3, 0.4) is 0 Å². The third-order valence-corrected chi connectivity index (χ3v) is 3.69. The van der Waals surface area contributed by atoms with Crippen molar-refractivity contribution in [3.05, 3.63) is 66.1 Å². The molecule has 0 fully saturated rings. The lowest BCUT2D eigenvalue weighted by Crippen LogP contribution is -2.28. The summed E-state index contributed by atoms with van der Waals surface area (Å²) in [6.07, 6.45) is 1.67. The van der Waals surface area contributed by atoms with Gasteiger partial charge in [0.2, 0.25) is 0 Å². The molecular formula is C19H18N4O3. The van der Waals surface area contributed by atoms with Crippen molar-refractivity contribution in [2.75, 3.05) is 25.6 Å². The minimum absolute atomic E-state index is 0.150. The van der Waals surface area contributed by atoms with Crippen LogP contribution in [-0.4, -0.2) is 42.0 Å². The second-order valence-electron chi connectivity index (χ2n) is 5.49. The number of rotatable bonds is 6. The second kappa shape index (κ2) is 8.17. The van der Waals surface area contributed by atoms with Gasteiger partial charge < -0.3 is 15.4 Å². The molecule has 26 heavy (non-hydrogen) atoms. The van der Waals surface area contributed by atoms with E-state index in [4.69, 9.17) is 4.74 Å². The first-order valence-electron chi connectivity index (χ1n) is 8.08. The van der Waals surface area contributed by atoms with E-state index in [-0.39, 0.29) is 17.3 Å². The molecule has 0 radical (unpaired) electrons. The zero-order valence-corrected chi connectivity index (χ0v) is 14.2. The fourth-order valence-corrected chi connectivity index (χ4v) is 2.44. The highest BCUT2D eigenvalue weighted by Gasteiger charge is 2.13. The molecule has 2 amide bonds. The Morgan fingerprint density at radius 1 is 1.00 bits per heavy atom. The van der Waals surface area contributed by atoms with Crippen molar-refractivity contribution in [3.63, 3.8) is 0 Å². The number of carbonyl (C=O) groups is 2. The maximum atomic E-state index is 12.5. The van der Waals surface area contributed by atoms with Crippen LogP contribution in [0.5, 0.6) is 0 Å². The van der Waals surface area contributed by atoms with Crippen molar-refractivity contribution in [3.8, 4) is 0 Å². The lowest BCUT2D eigenvalue weighted by molar-refractivity contribution is 0.0932. The van der Waals surface area contributed by atoms with Gasteiger partial charge in [0.05, 0.1) is 17.8 Å². The third kappa shape index (κ3) is 4.01. The maximum Gasteiger partial charge on any atom is 0.274 e. The van der Waals surface area contributed by atoms with E-state index in [9.17, 15) is 9.59 Å². The number of fused-ring (bicyclic) bond motifs is 1. The Balaban J connectivity index is 1.77. The first-order valence-corrected chi connectivity index (χ1v) is 8.08. The van der Waals surface area contributed by atoms with Crippen molar-refractivity contribution < 1.29 is 14.3 Å². The molecule has 1 aromatic carbocycles. The molecule has 132 valence electrons. The van der Waals surface area contributed by atoms with Crippen LogP contribution in [-0.2, 0) is 4.74 Å². The first-order chi connectivity index (χ1) is 12.7. The minimum atomic E-state index is -0.408. The topological polar surface area (TPSA) is 93.2 Å². The summed E-state index contributed by atoms with van der Waals surface area (Å²) in [5, 5.41) is 6.40. The highest BCUT2D eigenvalue weighted by atomic mass is 16.5. The van der Waals surface area contributed by atoms with E-state index in [1.165, 1.54) is 0 Å². The molecule has 0 aliphatic heterocycles. The van der Waals surface area contributed by atoms with Crippen LogP contribution >= 0.6 is 0 Å². The van der Waals surface area contributed by atoms with E-state index in [0.717, 1.165) is 5.39 Å². The summed E-state index contributed by atoms with van der Waals surface area (Å²) in [6, 6.07) is 14.0. The van der Waals surface area contributed by atoms with Gasteiger partial charge in [0.15, 0.2) is 0 Å². The number of methoxy groups -OCH3 is 1. The fourth-order valence-electron chi connectivity index (χ4n) is 2.44. The highest BCUT2D eigenvalue weighted by Crippen LogP contribution is 2.21. The zero-order chi connectivity index (χ0) is 18.4. The SMILES string of the molecule is COCCNC(=O)c1cccc(C(=O)Nc2cccc3cccnc23)n1. The van der Waals surface area contributed by atoms with Gasteiger partial charge in [0.25, 0.3) is 11.8 Å². The summed E-state index contributed by atoms with van der Waals surface area (Å²) >= 11 is 0. The van der Waals surface area contributed by atoms with E-state index in [1.807, 2.05) is 24.3 Å². The Hall–Kier alpha value is -3.32. The number of nitrogens with one attached hydrogen (secondary N) is 2. The van der Waals surface area contributed by atoms with Gasteiger partial charge >= 0.3 is 0 Å². The molecule has 2 N–H and O–H groups in total. The number of aromatic nitrogens is 2. The molecule has 0 bridgehead atoms. The van der Waals surface area contributed by atoms with Gasteiger partial charge in [-0.3, -0.25) is 14.6 Å². The van der Waals surface area contributed by atoms with Gasteiger partial charge in [-0.25, -0.2) is 4.98 Å². The summed E-state index contributed by atoms with van der Waals surface area (Å²) in [5.74, 6) is -0.766. The minimum Gasteiger partial charge on any atom is -0.383 e. The number of ether oxygens (including phenoxy) is 1. The summed E-state index contributed by atoms with van der Waals surface area (Å²) in [5.41, 5.74) is 1.60. The van der Waals surface area contributed by atoms with Crippen molar-refractivity contribution >= 4 is 28.4 Å². The summed E-state index contributed by atoms with van der Waals surface area (Å²) in [4.78, 5) is 33.0. The molecule has 2 heterocycles. The van der Waals surface area contributed by atoms with Gasteiger partial charge in [-0.2, -0.15) is 0 Å². The molecule has 0 unspecified atom stereocenters. The monoisotopic (exact) mass is 350 g/mol. The number of hydrogen-bond donors (Lipinski definition) is 2. The van der Waals surface area contributed by atoms with Crippen LogP contribution in [0.4, 0.5) is 5.69 Å². The fraction of sp³-hybridized carbons (Fsp3) is 0.158. The van der Waals surface area contributed by atoms with Crippen molar-refractivity contribution in [2.45, 2.75) is 0 Å². The van der Waals surface area contributed by atoms with Gasteiger partial charge in [0.1, 0.15) is 11.4 Å². The van der Waals surface area contributed by atoms with E-state index in [1.54, 1.807) is 37.6 Å². The Labute approximate surface area is 150 Å². The van der Waals surface area contributed by atoms with Crippen LogP contribution in [0.2, 0.25) is 0 Å². The molecule has 0 atom stereocenters. The van der Waals surface area contributed by atoms with E-state index in [2.05, 4.69) is 20.6 Å². The molecule has 3 rings (SSSR count). The Morgan fingerprint density at radius 2 is 1.73 bits per heavy atom. The number of benzene rings is 1. The molecule has 7 heteroatoms. The lowest BCUT2D eigenvalue weighted by Gasteiger charge is -2.09. The number of amides is 2. The molecule has 0 aliphatic rings. The van der Waals surface area contributed by atoms with Crippen LogP contribution in [0.25, 0.3) is 10.9 Å². The van der Waals surface area contributed by atoms with E-state index in [0.29, 0.717) is 24.4 Å². The summed E-state index contributed by atoms with van der Waals surface area (Å²) in [6.45, 7) is 0.773. The zero-order valence-electron chi connectivity index (χ0n) is 14.2. The highest BCUT2D eigenvalue weighted by molar-refractivity contribution is 6.07. The lowest BCUT2D eigenvalue weighted by atomic mass is 10.2. The quantitative estimate of drug-likeness (QED) is 0.665. The number of anilines is 1. The molecule has 0 saturated heterocycles. The predicted molar refractivity (Wildman–Crippen MR) is 98.1 cm³/mol. The molecular weight excluding hydrogens is 332 g/mol. The van der Waals surface area contributed by atoms with Gasteiger partial charge in [-0.1, -0.05) is 24.3 Å². The first kappa shape index (κ1) is 17.5. The molecule has 2 aromatic heterocycles. The van der Waals surface area contributed by atoms with Crippen molar-refractivity contribution in [1.82, 2.24) is 15.3 Å². The second-order valence-corrected chi connectivity index (χ2v) is 5.49. The van der Waals surface area contributed by atoms with Gasteiger partial charge in [-0.15, -0.1) is 0 Å². The molecule has 0 saturated carbocycles. The Morgan fingerprint density at radius 3 is 2.54 bits per heavy atom. The largest absolute Gasteiger partial charge is 0.383 e. The average Bonchev–Trinajstić information content (AvgIpc) is 2.68. The number of pyridine rings is 2. The van der Waals surface area contributed by atoms with Crippen LogP contribution in [0, 0.1) is 0 Å². The average molecular weight is 350 g/mol. The molecule has 7 nitrogen and oxygen atoms in total. The smallest absolute Gasteiger partial charge is 0.274 e. The van der Waals surface area contributed by atoms with E-state index < -0.39 is 5.91 Å². The Bertz CT molecular complexity index is 937. The summed E-state index contributed by atoms with van der Waals surface area (Å²) < 4.78 is 4.89. The van der Waals surface area contributed by atoms with Gasteiger partial charge in [-0.05, 0) is 24.3 Å². The van der Waals surface area contributed by atoms with Crippen LogP contribution < -0.4 is 10.6 Å².